The lowest BCUT2D eigenvalue weighted by Gasteiger charge is -2.21. The van der Waals surface area contributed by atoms with Crippen molar-refractivity contribution in [3.05, 3.63) is 35.4 Å². The molecule has 0 saturated carbocycles. The first-order chi connectivity index (χ1) is 10.0. The molecule has 1 aliphatic rings. The van der Waals surface area contributed by atoms with E-state index in [9.17, 15) is 0 Å². The summed E-state index contributed by atoms with van der Waals surface area (Å²) in [4.78, 5) is 10.5. The summed E-state index contributed by atoms with van der Waals surface area (Å²) in [5.74, 6) is 0.348. The highest BCUT2D eigenvalue weighted by Gasteiger charge is 2.10. The van der Waals surface area contributed by atoms with E-state index in [2.05, 4.69) is 28.7 Å². The lowest BCUT2D eigenvalue weighted by molar-refractivity contribution is 0.866. The van der Waals surface area contributed by atoms with Crippen LogP contribution in [0.25, 0.3) is 0 Å². The second-order valence-corrected chi connectivity index (χ2v) is 4.93. The van der Waals surface area contributed by atoms with Gasteiger partial charge in [-0.15, -0.1) is 0 Å². The average molecular weight is 304 g/mol. The molecule has 2 rings (SSSR count). The third kappa shape index (κ3) is 3.49. The Morgan fingerprint density at radius 1 is 1.29 bits per heavy atom. The van der Waals surface area contributed by atoms with Gasteiger partial charge in [0.25, 0.3) is 0 Å². The fourth-order valence-corrected chi connectivity index (χ4v) is 2.28. The molecular weight excluding hydrogens is 286 g/mol. The van der Waals surface area contributed by atoms with Crippen LogP contribution in [0.5, 0.6) is 0 Å². The Hall–Kier alpha value is -2.14. The summed E-state index contributed by atoms with van der Waals surface area (Å²) in [5.41, 5.74) is 7.99. The van der Waals surface area contributed by atoms with E-state index in [0.717, 1.165) is 18.8 Å². The lowest BCUT2D eigenvalue weighted by Crippen LogP contribution is -2.26. The van der Waals surface area contributed by atoms with Crippen molar-refractivity contribution in [1.82, 2.24) is 0 Å². The van der Waals surface area contributed by atoms with Crippen molar-refractivity contribution in [1.29, 1.82) is 5.41 Å². The van der Waals surface area contributed by atoms with Crippen LogP contribution in [0.2, 0.25) is 5.02 Å². The summed E-state index contributed by atoms with van der Waals surface area (Å²) in [6, 6.07) is 5.75. The molecular formula is C15H18ClN5. The third-order valence-corrected chi connectivity index (χ3v) is 3.51. The Balaban J connectivity index is 2.32. The van der Waals surface area contributed by atoms with Gasteiger partial charge in [0.2, 0.25) is 0 Å². The van der Waals surface area contributed by atoms with Crippen molar-refractivity contribution in [2.45, 2.75) is 13.8 Å². The van der Waals surface area contributed by atoms with Crippen molar-refractivity contribution in [2.24, 2.45) is 15.7 Å². The number of hydrogen-bond acceptors (Lipinski definition) is 4. The number of benzene rings is 1. The van der Waals surface area contributed by atoms with Gasteiger partial charge in [-0.25, -0.2) is 9.98 Å². The molecule has 0 atom stereocenters. The largest absolute Gasteiger partial charge is 0.382 e. The number of hydrogen-bond donors (Lipinski definition) is 2. The first-order valence-corrected chi connectivity index (χ1v) is 7.17. The van der Waals surface area contributed by atoms with Gasteiger partial charge >= 0.3 is 0 Å². The topological polar surface area (TPSA) is 77.8 Å². The molecule has 0 unspecified atom stereocenters. The van der Waals surface area contributed by atoms with Gasteiger partial charge in [0.1, 0.15) is 11.5 Å². The summed E-state index contributed by atoms with van der Waals surface area (Å²) in [7, 11) is 0. The Labute approximate surface area is 129 Å². The summed E-state index contributed by atoms with van der Waals surface area (Å²) in [6.07, 6.45) is 3.21. The lowest BCUT2D eigenvalue weighted by atomic mass is 10.2. The zero-order valence-corrected chi connectivity index (χ0v) is 12.9. The van der Waals surface area contributed by atoms with Gasteiger partial charge in [-0.1, -0.05) is 11.6 Å². The summed E-state index contributed by atoms with van der Waals surface area (Å²) in [6.45, 7) is 6.05. The molecule has 0 aromatic heterocycles. The molecule has 0 aliphatic carbocycles. The van der Waals surface area contributed by atoms with Crippen LogP contribution in [0, 0.1) is 5.41 Å². The second kappa shape index (κ2) is 6.54. The molecule has 5 nitrogen and oxygen atoms in total. The number of amidine groups is 2. The van der Waals surface area contributed by atoms with Crippen LogP contribution in [0.15, 0.2) is 40.3 Å². The summed E-state index contributed by atoms with van der Waals surface area (Å²) in [5, 5.41) is 7.97. The Morgan fingerprint density at radius 3 is 2.57 bits per heavy atom. The van der Waals surface area contributed by atoms with Crippen LogP contribution >= 0.6 is 11.6 Å². The number of dihydropyridines is 1. The van der Waals surface area contributed by atoms with Crippen molar-refractivity contribution < 1.29 is 0 Å². The smallest absolute Gasteiger partial charge is 0.151 e. The Bertz CT molecular complexity index is 641. The minimum atomic E-state index is 0.120. The van der Waals surface area contributed by atoms with Crippen LogP contribution < -0.4 is 10.6 Å². The van der Waals surface area contributed by atoms with Gasteiger partial charge in [-0.3, -0.25) is 5.41 Å². The van der Waals surface area contributed by atoms with Crippen LogP contribution in [0.1, 0.15) is 13.8 Å². The molecule has 110 valence electrons. The number of nitrogens with two attached hydrogens (primary N) is 1. The van der Waals surface area contributed by atoms with Gasteiger partial charge in [-0.05, 0) is 44.2 Å². The monoisotopic (exact) mass is 303 g/mol. The minimum Gasteiger partial charge on any atom is -0.382 e. The predicted octanol–water partition coefficient (Wildman–Crippen LogP) is 3.16. The molecule has 0 radical (unpaired) electrons. The average Bonchev–Trinajstić information content (AvgIpc) is 2.45. The molecule has 0 saturated heterocycles. The molecule has 1 aliphatic heterocycles. The summed E-state index contributed by atoms with van der Waals surface area (Å²) < 4.78 is 0. The highest BCUT2D eigenvalue weighted by molar-refractivity contribution is 6.49. The maximum Gasteiger partial charge on any atom is 0.151 e. The van der Waals surface area contributed by atoms with E-state index < -0.39 is 0 Å². The van der Waals surface area contributed by atoms with Gasteiger partial charge in [0.15, 0.2) is 5.84 Å². The van der Waals surface area contributed by atoms with E-state index in [4.69, 9.17) is 22.7 Å². The second-order valence-electron chi connectivity index (χ2n) is 4.52. The molecule has 1 aromatic rings. The number of halogens is 1. The molecule has 0 spiro atoms. The molecule has 21 heavy (non-hydrogen) atoms. The third-order valence-electron chi connectivity index (χ3n) is 3.20. The first kappa shape index (κ1) is 15.3. The normalized spacial score (nSPS) is 16.2. The van der Waals surface area contributed by atoms with E-state index in [0.29, 0.717) is 16.4 Å². The molecule has 6 heteroatoms. The number of aliphatic imine (C=N–C) groups is 2. The molecule has 3 N–H and O–H groups in total. The Morgan fingerprint density at radius 2 is 2.00 bits per heavy atom. The van der Waals surface area contributed by atoms with Crippen molar-refractivity contribution in [2.75, 3.05) is 18.0 Å². The predicted molar refractivity (Wildman–Crippen MR) is 90.6 cm³/mol. The van der Waals surface area contributed by atoms with Crippen molar-refractivity contribution >= 4 is 40.4 Å². The molecule has 0 bridgehead atoms. The number of anilines is 1. The molecule has 1 aromatic carbocycles. The Kier molecular flexibility index (Phi) is 4.75. The van der Waals surface area contributed by atoms with Gasteiger partial charge in [-0.2, -0.15) is 0 Å². The number of nitrogens with zero attached hydrogens (tertiary/aromatic N) is 3. The highest BCUT2D eigenvalue weighted by atomic mass is 35.5. The number of rotatable bonds is 4. The van der Waals surface area contributed by atoms with E-state index in [1.54, 1.807) is 12.2 Å². The van der Waals surface area contributed by atoms with Gasteiger partial charge < -0.3 is 10.6 Å². The molecule has 1 heterocycles. The van der Waals surface area contributed by atoms with Crippen molar-refractivity contribution in [3.63, 3.8) is 0 Å². The van der Waals surface area contributed by atoms with Crippen LogP contribution in [0.3, 0.4) is 0 Å². The first-order valence-electron chi connectivity index (χ1n) is 6.79. The van der Waals surface area contributed by atoms with Crippen LogP contribution in [0.4, 0.5) is 11.4 Å². The quantitative estimate of drug-likeness (QED) is 0.896. The fraction of sp³-hybridized carbons (Fsp3) is 0.267. The summed E-state index contributed by atoms with van der Waals surface area (Å²) >= 11 is 6.30. The SMILES string of the molecule is CCN(CC)c1ccc(N=C2C=CC(=N)N=C2N)c(Cl)c1. The highest BCUT2D eigenvalue weighted by Crippen LogP contribution is 2.30. The maximum absolute atomic E-state index is 7.41. The van der Waals surface area contributed by atoms with E-state index in [1.807, 2.05) is 18.2 Å². The molecule has 0 amide bonds. The van der Waals surface area contributed by atoms with E-state index in [-0.39, 0.29) is 11.7 Å². The van der Waals surface area contributed by atoms with Gasteiger partial charge in [0, 0.05) is 18.8 Å². The fourth-order valence-electron chi connectivity index (χ4n) is 2.06. The zero-order chi connectivity index (χ0) is 15.4. The zero-order valence-electron chi connectivity index (χ0n) is 12.1. The number of nitrogens with one attached hydrogen (secondary N) is 1. The van der Waals surface area contributed by atoms with Crippen molar-refractivity contribution in [3.8, 4) is 0 Å². The maximum atomic E-state index is 7.41. The minimum absolute atomic E-state index is 0.120. The standard InChI is InChI=1S/C15H18ClN5/c1-3-21(4-2)10-5-6-12(11(16)9-10)19-13-7-8-14(17)20-15(13)18/h5-9H,3-4H2,1-2H3,(H3,17,18,20). The van der Waals surface area contributed by atoms with Crippen LogP contribution in [-0.4, -0.2) is 30.5 Å². The van der Waals surface area contributed by atoms with Crippen LogP contribution in [-0.2, 0) is 0 Å². The van der Waals surface area contributed by atoms with Gasteiger partial charge in [0.05, 0.1) is 10.7 Å². The van der Waals surface area contributed by atoms with E-state index >= 15 is 0 Å². The molecule has 0 fully saturated rings. The van der Waals surface area contributed by atoms with E-state index in [1.165, 1.54) is 0 Å².